The Morgan fingerprint density at radius 2 is 2.00 bits per heavy atom. The lowest BCUT2D eigenvalue weighted by Crippen LogP contribution is -2.37. The highest BCUT2D eigenvalue weighted by Crippen LogP contribution is 2.28. The molecule has 3 aromatic rings. The molecule has 30 heavy (non-hydrogen) atoms. The number of aromatic nitrogens is 2. The van der Waals surface area contributed by atoms with Gasteiger partial charge in [0.15, 0.2) is 4.96 Å². The zero-order chi connectivity index (χ0) is 21.3. The van der Waals surface area contributed by atoms with Crippen LogP contribution < -0.4 is 0 Å². The van der Waals surface area contributed by atoms with Crippen molar-refractivity contribution in [3.63, 3.8) is 0 Å². The van der Waals surface area contributed by atoms with Crippen molar-refractivity contribution < 1.29 is 14.3 Å². The van der Waals surface area contributed by atoms with E-state index >= 15 is 0 Å². The molecule has 7 nitrogen and oxygen atoms in total. The fourth-order valence-corrected chi connectivity index (χ4v) is 5.19. The molecule has 0 N–H and O–H groups in total. The molecule has 2 aromatic heterocycles. The summed E-state index contributed by atoms with van der Waals surface area (Å²) in [5.41, 5.74) is 2.96. The average molecular weight is 429 g/mol. The van der Waals surface area contributed by atoms with Gasteiger partial charge in [0.1, 0.15) is 4.88 Å². The highest BCUT2D eigenvalue weighted by Gasteiger charge is 2.25. The van der Waals surface area contributed by atoms with Crippen LogP contribution in [0.15, 0.2) is 24.4 Å². The Balaban J connectivity index is 1.56. The second-order valence-electron chi connectivity index (χ2n) is 8.14. The quantitative estimate of drug-likeness (QED) is 0.562. The van der Waals surface area contributed by atoms with Gasteiger partial charge < -0.3 is 9.64 Å². The molecule has 1 aromatic carbocycles. The number of amides is 1. The lowest BCUT2D eigenvalue weighted by atomic mass is 9.94. The number of benzene rings is 1. The van der Waals surface area contributed by atoms with Crippen molar-refractivity contribution in [3.05, 3.63) is 34.8 Å². The Morgan fingerprint density at radius 1 is 1.23 bits per heavy atom. The number of carbonyl (C=O) groups is 2. The van der Waals surface area contributed by atoms with Gasteiger partial charge in [0.2, 0.25) is 0 Å². The third-order valence-corrected chi connectivity index (χ3v) is 6.87. The number of esters is 1. The minimum absolute atomic E-state index is 0.0829. The molecular weight excluding hydrogens is 400 g/mol. The summed E-state index contributed by atoms with van der Waals surface area (Å²) in [6.45, 7) is 0.861. The molecule has 8 heteroatoms. The Hall–Kier alpha value is -2.45. The Morgan fingerprint density at radius 3 is 2.73 bits per heavy atom. The van der Waals surface area contributed by atoms with Crippen LogP contribution in [-0.4, -0.2) is 64.9 Å². The normalized spacial score (nSPS) is 15.2. The molecule has 160 valence electrons. The summed E-state index contributed by atoms with van der Waals surface area (Å²) in [7, 11) is 5.20. The molecule has 1 aliphatic rings. The van der Waals surface area contributed by atoms with Crippen LogP contribution in [0.2, 0.25) is 0 Å². The number of hydrogen-bond donors (Lipinski definition) is 0. The monoisotopic (exact) mass is 428 g/mol. The van der Waals surface area contributed by atoms with E-state index in [1.165, 1.54) is 37.7 Å². The second kappa shape index (κ2) is 8.73. The van der Waals surface area contributed by atoms with Crippen molar-refractivity contribution in [2.75, 3.05) is 27.7 Å². The summed E-state index contributed by atoms with van der Waals surface area (Å²) >= 11 is 1.44. The number of nitrogens with zero attached hydrogens (tertiary/aromatic N) is 4. The van der Waals surface area contributed by atoms with Crippen LogP contribution >= 0.6 is 11.3 Å². The highest BCUT2D eigenvalue weighted by atomic mass is 32.1. The van der Waals surface area contributed by atoms with E-state index in [9.17, 15) is 9.59 Å². The third-order valence-electron chi connectivity index (χ3n) is 5.90. The summed E-state index contributed by atoms with van der Waals surface area (Å²) in [5, 5.41) is 0. The van der Waals surface area contributed by atoms with Crippen LogP contribution in [0.4, 0.5) is 0 Å². The molecular formula is C22H28N4O3S. The Bertz CT molecular complexity index is 1070. The van der Waals surface area contributed by atoms with Crippen molar-refractivity contribution in [3.8, 4) is 0 Å². The SMILES string of the molecule is COC(=O)CN(C)Cc1ccc2nc3sc(C(=O)N(C)C4CCCCC4)cn3c2c1. The molecule has 1 saturated carbocycles. The molecule has 0 bridgehead atoms. The number of fused-ring (bicyclic) bond motifs is 3. The van der Waals surface area contributed by atoms with E-state index in [2.05, 4.69) is 6.07 Å². The second-order valence-corrected chi connectivity index (χ2v) is 9.15. The lowest BCUT2D eigenvalue weighted by molar-refractivity contribution is -0.141. The first-order valence-electron chi connectivity index (χ1n) is 10.4. The molecule has 0 spiro atoms. The van der Waals surface area contributed by atoms with Gasteiger partial charge in [-0.25, -0.2) is 4.98 Å². The maximum absolute atomic E-state index is 13.0. The van der Waals surface area contributed by atoms with Crippen LogP contribution in [0.5, 0.6) is 0 Å². The Labute approximate surface area is 180 Å². The van der Waals surface area contributed by atoms with Crippen molar-refractivity contribution in [1.82, 2.24) is 19.2 Å². The minimum atomic E-state index is -0.256. The lowest BCUT2D eigenvalue weighted by Gasteiger charge is -2.30. The summed E-state index contributed by atoms with van der Waals surface area (Å²) in [6.07, 6.45) is 7.78. The first-order valence-corrected chi connectivity index (χ1v) is 11.2. The smallest absolute Gasteiger partial charge is 0.319 e. The topological polar surface area (TPSA) is 67.2 Å². The molecule has 1 fully saturated rings. The number of thiazole rings is 1. The van der Waals surface area contributed by atoms with Gasteiger partial charge in [-0.2, -0.15) is 0 Å². The predicted octanol–water partition coefficient (Wildman–Crippen LogP) is 3.56. The first kappa shape index (κ1) is 20.8. The fraction of sp³-hybridized carbons (Fsp3) is 0.500. The van der Waals surface area contributed by atoms with Crippen molar-refractivity contribution in [2.24, 2.45) is 0 Å². The first-order chi connectivity index (χ1) is 14.5. The molecule has 2 heterocycles. The number of hydrogen-bond acceptors (Lipinski definition) is 6. The zero-order valence-electron chi connectivity index (χ0n) is 17.8. The number of ether oxygens (including phenoxy) is 1. The van der Waals surface area contributed by atoms with Gasteiger partial charge >= 0.3 is 5.97 Å². The summed E-state index contributed by atoms with van der Waals surface area (Å²) in [4.78, 5) is 34.6. The standard InChI is InChI=1S/C22H28N4O3S/c1-24(14-20(27)29-3)12-15-9-10-17-18(11-15)26-13-19(30-22(26)23-17)21(28)25(2)16-7-5-4-6-8-16/h9-11,13,16H,4-8,12,14H2,1-3H3. The van der Waals surface area contributed by atoms with Gasteiger partial charge in [0, 0.05) is 25.8 Å². The number of methoxy groups -OCH3 is 1. The van der Waals surface area contributed by atoms with Crippen LogP contribution in [-0.2, 0) is 16.1 Å². The summed E-state index contributed by atoms with van der Waals surface area (Å²) in [6, 6.07) is 6.44. The molecule has 1 aliphatic carbocycles. The van der Waals surface area contributed by atoms with E-state index in [0.717, 1.165) is 39.3 Å². The maximum Gasteiger partial charge on any atom is 0.319 e. The van der Waals surface area contributed by atoms with Crippen molar-refractivity contribution >= 4 is 39.2 Å². The van der Waals surface area contributed by atoms with Gasteiger partial charge in [0.05, 0.1) is 24.7 Å². The molecule has 0 atom stereocenters. The van der Waals surface area contributed by atoms with Gasteiger partial charge in [-0.05, 0) is 37.6 Å². The number of likely N-dealkylation sites (N-methyl/N-ethyl adjacent to an activating group) is 1. The average Bonchev–Trinajstić information content (AvgIpc) is 3.31. The Kier molecular flexibility index (Phi) is 6.06. The van der Waals surface area contributed by atoms with E-state index < -0.39 is 0 Å². The van der Waals surface area contributed by atoms with Gasteiger partial charge in [0.25, 0.3) is 5.91 Å². The van der Waals surface area contributed by atoms with Crippen molar-refractivity contribution in [1.29, 1.82) is 0 Å². The van der Waals surface area contributed by atoms with E-state index in [4.69, 9.17) is 9.72 Å². The van der Waals surface area contributed by atoms with Crippen LogP contribution in [0.3, 0.4) is 0 Å². The number of carbonyl (C=O) groups excluding carboxylic acids is 2. The van der Waals surface area contributed by atoms with Crippen LogP contribution in [0.1, 0.15) is 47.3 Å². The number of rotatable bonds is 6. The van der Waals surface area contributed by atoms with Crippen LogP contribution in [0.25, 0.3) is 16.0 Å². The maximum atomic E-state index is 13.0. The van der Waals surface area contributed by atoms with E-state index in [0.29, 0.717) is 12.6 Å². The fourth-order valence-electron chi connectivity index (χ4n) is 4.21. The third kappa shape index (κ3) is 4.20. The largest absolute Gasteiger partial charge is 0.468 e. The van der Waals surface area contributed by atoms with Gasteiger partial charge in [-0.1, -0.05) is 36.7 Å². The van der Waals surface area contributed by atoms with Gasteiger partial charge in [-0.15, -0.1) is 0 Å². The highest BCUT2D eigenvalue weighted by molar-refractivity contribution is 7.18. The van der Waals surface area contributed by atoms with E-state index in [1.54, 1.807) is 0 Å². The van der Waals surface area contributed by atoms with E-state index in [1.807, 2.05) is 46.6 Å². The van der Waals surface area contributed by atoms with Gasteiger partial charge in [-0.3, -0.25) is 18.9 Å². The summed E-state index contributed by atoms with van der Waals surface area (Å²) in [5.74, 6) is -0.173. The molecule has 0 radical (unpaired) electrons. The number of imidazole rings is 1. The zero-order valence-corrected chi connectivity index (χ0v) is 18.6. The summed E-state index contributed by atoms with van der Waals surface area (Å²) < 4.78 is 6.74. The van der Waals surface area contributed by atoms with Crippen molar-refractivity contribution in [2.45, 2.75) is 44.7 Å². The molecule has 1 amide bonds. The van der Waals surface area contributed by atoms with E-state index in [-0.39, 0.29) is 18.4 Å². The molecule has 0 unspecified atom stereocenters. The molecule has 0 saturated heterocycles. The van der Waals surface area contributed by atoms with Crippen LogP contribution in [0, 0.1) is 0 Å². The molecule has 4 rings (SSSR count). The predicted molar refractivity (Wildman–Crippen MR) is 118 cm³/mol. The minimum Gasteiger partial charge on any atom is -0.468 e. The molecule has 0 aliphatic heterocycles.